The minimum atomic E-state index is -4.97. The monoisotopic (exact) mass is 604 g/mol. The molecule has 0 spiro atoms. The van der Waals surface area contributed by atoms with E-state index in [4.69, 9.17) is 4.74 Å². The lowest BCUT2D eigenvalue weighted by molar-refractivity contribution is -0.138. The molecule has 8 nitrogen and oxygen atoms in total. The zero-order valence-corrected chi connectivity index (χ0v) is 24.3. The van der Waals surface area contributed by atoms with Gasteiger partial charge in [-0.3, -0.25) is 9.69 Å². The van der Waals surface area contributed by atoms with E-state index in [1.165, 1.54) is 24.5 Å². The van der Waals surface area contributed by atoms with Crippen LogP contribution < -0.4 is 15.1 Å². The summed E-state index contributed by atoms with van der Waals surface area (Å²) in [6.07, 6.45) is -2.03. The van der Waals surface area contributed by atoms with E-state index >= 15 is 4.39 Å². The van der Waals surface area contributed by atoms with Crippen molar-refractivity contribution in [2.24, 2.45) is 0 Å². The highest BCUT2D eigenvalue weighted by atomic mass is 19.4. The van der Waals surface area contributed by atoms with Crippen LogP contribution >= 0.6 is 0 Å². The second kappa shape index (κ2) is 12.0. The van der Waals surface area contributed by atoms with Crippen LogP contribution in [0.25, 0.3) is 11.1 Å². The van der Waals surface area contributed by atoms with Gasteiger partial charge < -0.3 is 19.9 Å². The van der Waals surface area contributed by atoms with Crippen LogP contribution in [0.3, 0.4) is 0 Å². The molecule has 1 aromatic heterocycles. The first-order valence-electron chi connectivity index (χ1n) is 14.0. The van der Waals surface area contributed by atoms with E-state index in [2.05, 4.69) is 20.2 Å². The third-order valence-corrected chi connectivity index (χ3v) is 8.04. The number of amides is 1. The SMILES string of the molecule is CC1CN(c2ncc(-c3cc(NC(=O)c4ccc(F)cc4C(F)(F)F)c(N4CC(C)N(C)C(C)C4)cc3F)cn2)CCO1. The highest BCUT2D eigenvalue weighted by molar-refractivity contribution is 6.07. The number of likely N-dealkylation sites (N-methyl/N-ethyl adjacent to an activating group) is 1. The van der Waals surface area contributed by atoms with Crippen molar-refractivity contribution in [2.75, 3.05) is 55.0 Å². The van der Waals surface area contributed by atoms with Crippen molar-refractivity contribution < 1.29 is 31.5 Å². The van der Waals surface area contributed by atoms with Crippen LogP contribution in [0.1, 0.15) is 36.7 Å². The summed E-state index contributed by atoms with van der Waals surface area (Å²) < 4.78 is 76.2. The number of benzene rings is 2. The number of rotatable bonds is 5. The van der Waals surface area contributed by atoms with E-state index in [-0.39, 0.29) is 35.5 Å². The van der Waals surface area contributed by atoms with E-state index in [1.807, 2.05) is 37.6 Å². The van der Waals surface area contributed by atoms with Crippen LogP contribution in [-0.4, -0.2) is 78.8 Å². The van der Waals surface area contributed by atoms with Gasteiger partial charge in [0.25, 0.3) is 5.91 Å². The minimum absolute atomic E-state index is 0.00663. The first kappa shape index (κ1) is 30.6. The largest absolute Gasteiger partial charge is 0.417 e. The predicted molar refractivity (Wildman–Crippen MR) is 153 cm³/mol. The number of carbonyl (C=O) groups is 1. The van der Waals surface area contributed by atoms with Gasteiger partial charge in [0.2, 0.25) is 5.95 Å². The molecule has 3 atom stereocenters. The summed E-state index contributed by atoms with van der Waals surface area (Å²) in [5.41, 5.74) is -1.35. The number of alkyl halides is 3. The molecule has 1 amide bonds. The van der Waals surface area contributed by atoms with Crippen molar-refractivity contribution in [3.63, 3.8) is 0 Å². The third kappa shape index (κ3) is 6.57. The number of piperazine rings is 1. The maximum absolute atomic E-state index is 15.8. The lowest BCUT2D eigenvalue weighted by atomic mass is 10.0. The summed E-state index contributed by atoms with van der Waals surface area (Å²) >= 11 is 0. The van der Waals surface area contributed by atoms with Gasteiger partial charge in [-0.15, -0.1) is 0 Å². The van der Waals surface area contributed by atoms with Crippen molar-refractivity contribution in [3.05, 3.63) is 65.5 Å². The second-order valence-electron chi connectivity index (χ2n) is 11.2. The molecule has 2 aliphatic heterocycles. The van der Waals surface area contributed by atoms with Crippen molar-refractivity contribution >= 4 is 23.2 Å². The molecule has 5 rings (SSSR count). The van der Waals surface area contributed by atoms with Crippen LogP contribution in [0.2, 0.25) is 0 Å². The van der Waals surface area contributed by atoms with Crippen LogP contribution in [0.5, 0.6) is 0 Å². The van der Waals surface area contributed by atoms with Gasteiger partial charge in [0.1, 0.15) is 11.6 Å². The Balaban J connectivity index is 1.53. The lowest BCUT2D eigenvalue weighted by Crippen LogP contribution is -2.55. The molecule has 13 heteroatoms. The Labute approximate surface area is 246 Å². The van der Waals surface area contributed by atoms with E-state index in [0.29, 0.717) is 50.0 Å². The first-order valence-corrected chi connectivity index (χ1v) is 14.0. The summed E-state index contributed by atoms with van der Waals surface area (Å²) in [5, 5.41) is 2.56. The summed E-state index contributed by atoms with van der Waals surface area (Å²) in [5.74, 6) is -2.37. The summed E-state index contributed by atoms with van der Waals surface area (Å²) in [7, 11) is 1.98. The second-order valence-corrected chi connectivity index (χ2v) is 11.2. The van der Waals surface area contributed by atoms with Crippen molar-refractivity contribution in [2.45, 2.75) is 45.1 Å². The third-order valence-electron chi connectivity index (χ3n) is 8.04. The standard InChI is InChI=1S/C30H33F5N6O2/c1-17-14-41(15-18(2)39(17)4)27-11-25(32)23(20-12-36-29(37-13-20)40-7-8-43-19(3)16-40)10-26(27)38-28(42)22-6-5-21(31)9-24(22)30(33,34)35/h5-6,9-13,17-19H,7-8,14-16H2,1-4H3,(H,38,42). The molecular weight excluding hydrogens is 571 g/mol. The number of carbonyl (C=O) groups excluding carboxylic acids is 1. The summed E-state index contributed by atoms with van der Waals surface area (Å²) in [6, 6.07) is 4.66. The summed E-state index contributed by atoms with van der Waals surface area (Å²) in [4.78, 5) is 28.1. The Morgan fingerprint density at radius 1 is 0.977 bits per heavy atom. The number of nitrogens with zero attached hydrogens (tertiary/aromatic N) is 5. The molecule has 2 fully saturated rings. The van der Waals surface area contributed by atoms with Crippen molar-refractivity contribution in [3.8, 4) is 11.1 Å². The number of morpholine rings is 1. The van der Waals surface area contributed by atoms with Gasteiger partial charge in [0.15, 0.2) is 0 Å². The average Bonchev–Trinajstić information content (AvgIpc) is 2.96. The van der Waals surface area contributed by atoms with Crippen LogP contribution in [-0.2, 0) is 10.9 Å². The molecule has 0 bridgehead atoms. The predicted octanol–water partition coefficient (Wildman–Crippen LogP) is 5.45. The number of hydrogen-bond donors (Lipinski definition) is 1. The Bertz CT molecular complexity index is 1470. The highest BCUT2D eigenvalue weighted by Crippen LogP contribution is 2.37. The van der Waals surface area contributed by atoms with E-state index in [1.54, 1.807) is 0 Å². The van der Waals surface area contributed by atoms with Gasteiger partial charge in [-0.1, -0.05) is 0 Å². The molecule has 0 saturated carbocycles. The Morgan fingerprint density at radius 2 is 1.65 bits per heavy atom. The molecule has 230 valence electrons. The number of nitrogens with one attached hydrogen (secondary N) is 1. The molecule has 43 heavy (non-hydrogen) atoms. The van der Waals surface area contributed by atoms with Gasteiger partial charge in [0.05, 0.1) is 35.2 Å². The normalized spacial score (nSPS) is 21.7. The Morgan fingerprint density at radius 3 is 2.28 bits per heavy atom. The average molecular weight is 605 g/mol. The lowest BCUT2D eigenvalue weighted by Gasteiger charge is -2.44. The molecule has 2 aliphatic rings. The topological polar surface area (TPSA) is 73.8 Å². The molecule has 1 N–H and O–H groups in total. The molecule has 2 aromatic carbocycles. The maximum atomic E-state index is 15.8. The van der Waals surface area contributed by atoms with Gasteiger partial charge in [-0.05, 0) is 58.2 Å². The first-order chi connectivity index (χ1) is 20.3. The number of aromatic nitrogens is 2. The van der Waals surface area contributed by atoms with Crippen molar-refractivity contribution in [1.82, 2.24) is 14.9 Å². The fourth-order valence-electron chi connectivity index (χ4n) is 5.51. The quantitative estimate of drug-likeness (QED) is 0.389. The maximum Gasteiger partial charge on any atom is 0.417 e. The Kier molecular flexibility index (Phi) is 8.57. The number of ether oxygens (including phenoxy) is 1. The van der Waals surface area contributed by atoms with Crippen LogP contribution in [0.4, 0.5) is 39.3 Å². The number of anilines is 3. The molecule has 0 radical (unpaired) electrons. The van der Waals surface area contributed by atoms with Crippen LogP contribution in [0, 0.1) is 11.6 Å². The number of hydrogen-bond acceptors (Lipinski definition) is 7. The fraction of sp³-hybridized carbons (Fsp3) is 0.433. The zero-order chi connectivity index (χ0) is 31.1. The van der Waals surface area contributed by atoms with Gasteiger partial charge in [0, 0.05) is 61.8 Å². The molecule has 3 heterocycles. The highest BCUT2D eigenvalue weighted by Gasteiger charge is 2.36. The van der Waals surface area contributed by atoms with Gasteiger partial charge in [-0.2, -0.15) is 13.2 Å². The minimum Gasteiger partial charge on any atom is -0.375 e. The van der Waals surface area contributed by atoms with Gasteiger partial charge >= 0.3 is 6.18 Å². The number of halogens is 5. The van der Waals surface area contributed by atoms with Crippen molar-refractivity contribution in [1.29, 1.82) is 0 Å². The summed E-state index contributed by atoms with van der Waals surface area (Å²) in [6.45, 7) is 8.67. The fourth-order valence-corrected chi connectivity index (χ4v) is 5.51. The zero-order valence-electron chi connectivity index (χ0n) is 24.3. The Hall–Kier alpha value is -3.84. The van der Waals surface area contributed by atoms with E-state index in [0.717, 1.165) is 12.1 Å². The molecule has 2 saturated heterocycles. The van der Waals surface area contributed by atoms with E-state index < -0.39 is 34.8 Å². The van der Waals surface area contributed by atoms with Crippen LogP contribution in [0.15, 0.2) is 42.7 Å². The van der Waals surface area contributed by atoms with Gasteiger partial charge in [-0.25, -0.2) is 18.7 Å². The molecule has 0 aliphatic carbocycles. The van der Waals surface area contributed by atoms with E-state index in [9.17, 15) is 22.4 Å². The molecular formula is C30H33F5N6O2. The smallest absolute Gasteiger partial charge is 0.375 e. The molecule has 3 unspecified atom stereocenters. The molecule has 3 aromatic rings.